The standard InChI is InChI=1S/C45H48FN5O6/c1-56-41-23-30(4-11-38(41)46)37-27-57-40-24-34(52)8-10-36(40)43(37)29-2-5-32(6-3-29)49-16-14-28(15-17-49)25-48-18-20-50(21-19-48)33-7-9-35-31(22-33)26-51(45(35)55)39-12-13-42(53)47-44(39)54/h2-11,22-24,28,37,39,43,52H,12-21,25-27H2,1H3,(H,47,53,54)/t37-,39+,43-/m1/s1. The van der Waals surface area contributed by atoms with Crippen LogP contribution in [0, 0.1) is 11.7 Å². The van der Waals surface area contributed by atoms with Gasteiger partial charge in [0.2, 0.25) is 11.8 Å². The summed E-state index contributed by atoms with van der Waals surface area (Å²) in [5.41, 5.74) is 6.97. The molecule has 9 rings (SSSR count). The molecule has 0 aliphatic carbocycles. The number of phenolic OH excluding ortho intramolecular Hbond substituents is 1. The van der Waals surface area contributed by atoms with Gasteiger partial charge in [0, 0.05) is 99.2 Å². The Morgan fingerprint density at radius 3 is 2.32 bits per heavy atom. The number of aromatic hydroxyl groups is 1. The Bertz CT molecular complexity index is 2180. The number of rotatable bonds is 8. The predicted molar refractivity (Wildman–Crippen MR) is 214 cm³/mol. The van der Waals surface area contributed by atoms with Gasteiger partial charge in [-0.25, -0.2) is 4.39 Å². The maximum absolute atomic E-state index is 14.4. The zero-order chi connectivity index (χ0) is 39.2. The number of piperidine rings is 2. The molecule has 5 aliphatic rings. The highest BCUT2D eigenvalue weighted by atomic mass is 19.1. The number of amides is 3. The van der Waals surface area contributed by atoms with Crippen molar-refractivity contribution in [1.82, 2.24) is 15.1 Å². The molecule has 0 aromatic heterocycles. The van der Waals surface area contributed by atoms with Gasteiger partial charge in [0.15, 0.2) is 11.6 Å². The fourth-order valence-corrected chi connectivity index (χ4v) is 9.58. The van der Waals surface area contributed by atoms with E-state index in [9.17, 15) is 23.9 Å². The van der Waals surface area contributed by atoms with Crippen LogP contribution in [-0.4, -0.2) is 98.2 Å². The van der Waals surface area contributed by atoms with E-state index in [-0.39, 0.29) is 47.5 Å². The second-order valence-corrected chi connectivity index (χ2v) is 16.1. The number of hydrogen-bond acceptors (Lipinski definition) is 9. The number of ether oxygens (including phenoxy) is 2. The molecule has 4 aromatic carbocycles. The first kappa shape index (κ1) is 37.0. The monoisotopic (exact) mass is 773 g/mol. The molecule has 3 amide bonds. The molecule has 3 saturated heterocycles. The summed E-state index contributed by atoms with van der Waals surface area (Å²) in [6.45, 7) is 7.70. The van der Waals surface area contributed by atoms with Crippen LogP contribution in [0.4, 0.5) is 15.8 Å². The number of carbonyl (C=O) groups excluding carboxylic acids is 3. The lowest BCUT2D eigenvalue weighted by atomic mass is 9.75. The molecule has 0 spiro atoms. The van der Waals surface area contributed by atoms with Gasteiger partial charge in [0.05, 0.1) is 13.7 Å². The van der Waals surface area contributed by atoms with Gasteiger partial charge in [0.1, 0.15) is 17.5 Å². The van der Waals surface area contributed by atoms with E-state index in [0.29, 0.717) is 36.8 Å². The van der Waals surface area contributed by atoms with Crippen molar-refractivity contribution in [3.8, 4) is 17.2 Å². The maximum Gasteiger partial charge on any atom is 0.255 e. The Labute approximate surface area is 331 Å². The molecule has 5 heterocycles. The van der Waals surface area contributed by atoms with Gasteiger partial charge in [-0.3, -0.25) is 24.6 Å². The van der Waals surface area contributed by atoms with Crippen molar-refractivity contribution in [2.75, 3.05) is 69.3 Å². The van der Waals surface area contributed by atoms with E-state index in [1.165, 1.54) is 18.9 Å². The minimum Gasteiger partial charge on any atom is -0.508 e. The number of fused-ring (bicyclic) bond motifs is 2. The van der Waals surface area contributed by atoms with Crippen LogP contribution < -0.4 is 24.6 Å². The molecular formula is C45H48FN5O6. The van der Waals surface area contributed by atoms with Crippen molar-refractivity contribution in [2.45, 2.75) is 50.1 Å². The van der Waals surface area contributed by atoms with E-state index >= 15 is 0 Å². The lowest BCUT2D eigenvalue weighted by Crippen LogP contribution is -2.52. The Kier molecular flexibility index (Phi) is 9.98. The summed E-state index contributed by atoms with van der Waals surface area (Å²) in [4.78, 5) is 46.3. The van der Waals surface area contributed by atoms with Gasteiger partial charge in [-0.2, -0.15) is 0 Å². The molecule has 0 saturated carbocycles. The summed E-state index contributed by atoms with van der Waals surface area (Å²) in [6, 6.07) is 24.6. The summed E-state index contributed by atoms with van der Waals surface area (Å²) in [6.07, 6.45) is 2.88. The maximum atomic E-state index is 14.4. The number of methoxy groups -OCH3 is 1. The highest BCUT2D eigenvalue weighted by Crippen LogP contribution is 2.48. The van der Waals surface area contributed by atoms with Crippen molar-refractivity contribution in [3.63, 3.8) is 0 Å². The topological polar surface area (TPSA) is 115 Å². The number of anilines is 2. The second kappa shape index (κ2) is 15.4. The number of nitrogens with zero attached hydrogens (tertiary/aromatic N) is 4. The van der Waals surface area contributed by atoms with Gasteiger partial charge < -0.3 is 29.3 Å². The highest BCUT2D eigenvalue weighted by Gasteiger charge is 2.40. The molecule has 3 atom stereocenters. The first-order valence-corrected chi connectivity index (χ1v) is 20.1. The number of imide groups is 1. The highest BCUT2D eigenvalue weighted by molar-refractivity contribution is 6.05. The molecule has 57 heavy (non-hydrogen) atoms. The molecule has 0 unspecified atom stereocenters. The summed E-state index contributed by atoms with van der Waals surface area (Å²) >= 11 is 0. The van der Waals surface area contributed by atoms with Crippen LogP contribution >= 0.6 is 0 Å². The quantitative estimate of drug-likeness (QED) is 0.220. The molecule has 12 heteroatoms. The number of nitrogens with one attached hydrogen (secondary N) is 1. The summed E-state index contributed by atoms with van der Waals surface area (Å²) in [7, 11) is 1.48. The number of benzene rings is 4. The molecule has 0 radical (unpaired) electrons. The van der Waals surface area contributed by atoms with E-state index in [4.69, 9.17) is 9.47 Å². The molecule has 11 nitrogen and oxygen atoms in total. The molecule has 296 valence electrons. The number of halogens is 1. The van der Waals surface area contributed by atoms with Crippen LogP contribution in [0.5, 0.6) is 17.2 Å². The van der Waals surface area contributed by atoms with Crippen molar-refractivity contribution in [1.29, 1.82) is 0 Å². The molecule has 5 aliphatic heterocycles. The molecular weight excluding hydrogens is 726 g/mol. The van der Waals surface area contributed by atoms with Crippen molar-refractivity contribution >= 4 is 29.1 Å². The third kappa shape index (κ3) is 7.27. The fraction of sp³-hybridized carbons (Fsp3) is 0.400. The predicted octanol–water partition coefficient (Wildman–Crippen LogP) is 5.65. The molecule has 2 N–H and O–H groups in total. The van der Waals surface area contributed by atoms with E-state index in [1.54, 1.807) is 23.1 Å². The largest absolute Gasteiger partial charge is 0.508 e. The van der Waals surface area contributed by atoms with Crippen molar-refractivity contribution < 1.29 is 33.4 Å². The van der Waals surface area contributed by atoms with Gasteiger partial charge in [-0.05, 0) is 90.4 Å². The van der Waals surface area contributed by atoms with E-state index in [0.717, 1.165) is 86.6 Å². The molecule has 4 aromatic rings. The van der Waals surface area contributed by atoms with Crippen molar-refractivity contribution in [2.24, 2.45) is 5.92 Å². The Morgan fingerprint density at radius 1 is 0.825 bits per heavy atom. The van der Waals surface area contributed by atoms with Crippen LogP contribution in [0.2, 0.25) is 0 Å². The Balaban J connectivity index is 0.792. The Hall–Kier alpha value is -5.62. The van der Waals surface area contributed by atoms with Crippen LogP contribution in [-0.2, 0) is 16.1 Å². The lowest BCUT2D eigenvalue weighted by Gasteiger charge is -2.40. The fourth-order valence-electron chi connectivity index (χ4n) is 9.58. The average molecular weight is 774 g/mol. The van der Waals surface area contributed by atoms with Gasteiger partial charge in [-0.1, -0.05) is 24.3 Å². The summed E-state index contributed by atoms with van der Waals surface area (Å²) in [5.74, 6) is 0.354. The smallest absolute Gasteiger partial charge is 0.255 e. The summed E-state index contributed by atoms with van der Waals surface area (Å²) in [5, 5.41) is 12.6. The minimum atomic E-state index is -0.602. The SMILES string of the molecule is COc1cc([C@H]2COc3cc(O)ccc3[C@H]2c2ccc(N3CCC(CN4CCN(c5ccc6c(c5)CN([C@H]5CCC(=O)NC5=O)C6=O)CC4)CC3)cc2)ccc1F. The van der Waals surface area contributed by atoms with E-state index in [1.807, 2.05) is 24.3 Å². The van der Waals surface area contributed by atoms with Crippen LogP contribution in [0.25, 0.3) is 0 Å². The van der Waals surface area contributed by atoms with E-state index in [2.05, 4.69) is 50.3 Å². The Morgan fingerprint density at radius 2 is 1.56 bits per heavy atom. The third-order valence-electron chi connectivity index (χ3n) is 12.7. The first-order chi connectivity index (χ1) is 27.7. The number of hydrogen-bond donors (Lipinski definition) is 2. The van der Waals surface area contributed by atoms with Gasteiger partial charge in [0.25, 0.3) is 5.91 Å². The minimum absolute atomic E-state index is 0.0491. The lowest BCUT2D eigenvalue weighted by molar-refractivity contribution is -0.136. The molecule has 3 fully saturated rings. The van der Waals surface area contributed by atoms with Gasteiger partial charge in [-0.15, -0.1) is 0 Å². The van der Waals surface area contributed by atoms with Gasteiger partial charge >= 0.3 is 0 Å². The third-order valence-corrected chi connectivity index (χ3v) is 12.7. The first-order valence-electron chi connectivity index (χ1n) is 20.1. The zero-order valence-corrected chi connectivity index (χ0v) is 32.2. The normalized spacial score (nSPS) is 22.9. The average Bonchev–Trinajstić information content (AvgIpc) is 3.56. The summed E-state index contributed by atoms with van der Waals surface area (Å²) < 4.78 is 25.8. The van der Waals surface area contributed by atoms with Crippen LogP contribution in [0.15, 0.2) is 78.9 Å². The number of carbonyl (C=O) groups is 3. The molecule has 0 bridgehead atoms. The zero-order valence-electron chi connectivity index (χ0n) is 32.2. The van der Waals surface area contributed by atoms with Crippen LogP contribution in [0.1, 0.15) is 70.1 Å². The van der Waals surface area contributed by atoms with E-state index < -0.39 is 11.9 Å². The number of phenols is 1. The second-order valence-electron chi connectivity index (χ2n) is 16.1. The van der Waals surface area contributed by atoms with Crippen LogP contribution in [0.3, 0.4) is 0 Å². The van der Waals surface area contributed by atoms with Crippen molar-refractivity contribution in [3.05, 3.63) is 112 Å². The number of piperazine rings is 1.